The van der Waals surface area contributed by atoms with Crippen LogP contribution >= 0.6 is 12.4 Å². The lowest BCUT2D eigenvalue weighted by atomic mass is 9.99. The van der Waals surface area contributed by atoms with Crippen molar-refractivity contribution in [1.29, 1.82) is 0 Å². The summed E-state index contributed by atoms with van der Waals surface area (Å²) >= 11 is 0. The molecule has 2 heterocycles. The molecule has 1 saturated heterocycles. The average molecular weight is 243 g/mol. The zero-order valence-electron chi connectivity index (χ0n) is 9.59. The summed E-state index contributed by atoms with van der Waals surface area (Å²) in [7, 11) is 0. The fraction of sp³-hybridized carbons (Fsp3) is 0.636. The second-order valence-corrected chi connectivity index (χ2v) is 4.19. The van der Waals surface area contributed by atoms with Crippen molar-refractivity contribution in [2.24, 2.45) is 11.7 Å². The molecule has 0 aromatic carbocycles. The first-order valence-corrected chi connectivity index (χ1v) is 5.54. The van der Waals surface area contributed by atoms with Gasteiger partial charge in [0.1, 0.15) is 0 Å². The lowest BCUT2D eigenvalue weighted by Crippen LogP contribution is -2.39. The van der Waals surface area contributed by atoms with E-state index in [0.29, 0.717) is 5.92 Å². The number of hydrogen-bond donors (Lipinski definition) is 1. The summed E-state index contributed by atoms with van der Waals surface area (Å²) in [6.07, 6.45) is 4.25. The number of halogens is 1. The number of rotatable bonds is 2. The monoisotopic (exact) mass is 242 g/mol. The van der Waals surface area contributed by atoms with E-state index >= 15 is 0 Å². The van der Waals surface area contributed by atoms with Crippen molar-refractivity contribution in [3.05, 3.63) is 18.0 Å². The van der Waals surface area contributed by atoms with E-state index in [-0.39, 0.29) is 12.4 Å². The lowest BCUT2D eigenvalue weighted by molar-refractivity contribution is 0.419. The second kappa shape index (κ2) is 6.01. The molecule has 90 valence electrons. The highest BCUT2D eigenvalue weighted by atomic mass is 35.5. The van der Waals surface area contributed by atoms with Gasteiger partial charge in [-0.15, -0.1) is 12.4 Å². The van der Waals surface area contributed by atoms with Crippen LogP contribution in [-0.2, 0) is 0 Å². The predicted molar refractivity (Wildman–Crippen MR) is 68.0 cm³/mol. The van der Waals surface area contributed by atoms with Gasteiger partial charge in [-0.05, 0) is 38.3 Å². The molecule has 0 bridgehead atoms. The molecule has 0 amide bonds. The number of anilines is 1. The lowest BCUT2D eigenvalue weighted by Gasteiger charge is -2.32. The Labute approximate surface area is 103 Å². The smallest absolute Gasteiger partial charge is 0.225 e. The van der Waals surface area contributed by atoms with Crippen LogP contribution in [-0.4, -0.2) is 29.6 Å². The van der Waals surface area contributed by atoms with Gasteiger partial charge >= 0.3 is 0 Å². The molecule has 16 heavy (non-hydrogen) atoms. The van der Waals surface area contributed by atoms with E-state index in [2.05, 4.69) is 14.9 Å². The predicted octanol–water partition coefficient (Wildman–Crippen LogP) is 1.38. The molecule has 1 atom stereocenters. The molecule has 1 aliphatic rings. The topological polar surface area (TPSA) is 55.0 Å². The Hall–Kier alpha value is -0.870. The number of piperidine rings is 1. The van der Waals surface area contributed by atoms with Crippen molar-refractivity contribution in [2.75, 3.05) is 24.5 Å². The first kappa shape index (κ1) is 13.2. The summed E-state index contributed by atoms with van der Waals surface area (Å²) in [6.45, 7) is 4.82. The fourth-order valence-electron chi connectivity index (χ4n) is 2.03. The Balaban J connectivity index is 0.00000128. The van der Waals surface area contributed by atoms with Gasteiger partial charge in [0.05, 0.1) is 0 Å². The molecule has 4 nitrogen and oxygen atoms in total. The van der Waals surface area contributed by atoms with Crippen LogP contribution in [0.5, 0.6) is 0 Å². The van der Waals surface area contributed by atoms with Crippen LogP contribution in [0, 0.1) is 12.8 Å². The van der Waals surface area contributed by atoms with Crippen molar-refractivity contribution in [3.8, 4) is 0 Å². The van der Waals surface area contributed by atoms with Crippen LogP contribution in [0.3, 0.4) is 0 Å². The van der Waals surface area contributed by atoms with Gasteiger partial charge in [-0.2, -0.15) is 0 Å². The summed E-state index contributed by atoms with van der Waals surface area (Å²) in [5.41, 5.74) is 6.73. The maximum atomic E-state index is 5.71. The third kappa shape index (κ3) is 3.06. The maximum absolute atomic E-state index is 5.71. The van der Waals surface area contributed by atoms with Crippen molar-refractivity contribution in [2.45, 2.75) is 19.8 Å². The summed E-state index contributed by atoms with van der Waals surface area (Å²) in [6, 6.07) is 1.92. The zero-order chi connectivity index (χ0) is 10.7. The number of aryl methyl sites for hydroxylation is 1. The molecule has 1 aliphatic heterocycles. The summed E-state index contributed by atoms with van der Waals surface area (Å²) in [4.78, 5) is 11.0. The molecule has 0 spiro atoms. The summed E-state index contributed by atoms with van der Waals surface area (Å²) < 4.78 is 0. The molecule has 1 unspecified atom stereocenters. The molecule has 5 heteroatoms. The third-order valence-corrected chi connectivity index (χ3v) is 2.92. The first-order chi connectivity index (χ1) is 7.29. The summed E-state index contributed by atoms with van der Waals surface area (Å²) in [5.74, 6) is 1.45. The SMILES string of the molecule is Cc1ccnc(N2CCCC(CN)C2)n1.Cl. The molecular formula is C11H19ClN4. The van der Waals surface area contributed by atoms with Crippen molar-refractivity contribution < 1.29 is 0 Å². The third-order valence-electron chi connectivity index (χ3n) is 2.92. The molecule has 1 aromatic rings. The molecule has 2 N–H and O–H groups in total. The van der Waals surface area contributed by atoms with E-state index in [9.17, 15) is 0 Å². The van der Waals surface area contributed by atoms with Crippen LogP contribution in [0.1, 0.15) is 18.5 Å². The number of nitrogens with two attached hydrogens (primary N) is 1. The minimum Gasteiger partial charge on any atom is -0.340 e. The maximum Gasteiger partial charge on any atom is 0.225 e. The van der Waals surface area contributed by atoms with E-state index < -0.39 is 0 Å². The standard InChI is InChI=1S/C11H18N4.ClH/c1-9-4-5-13-11(14-9)15-6-2-3-10(7-12)8-15;/h4-5,10H,2-3,6-8,12H2,1H3;1H. The largest absolute Gasteiger partial charge is 0.340 e. The van der Waals surface area contributed by atoms with Gasteiger partial charge < -0.3 is 10.6 Å². The van der Waals surface area contributed by atoms with Gasteiger partial charge in [-0.25, -0.2) is 9.97 Å². The molecule has 1 fully saturated rings. The highest BCUT2D eigenvalue weighted by Crippen LogP contribution is 2.19. The molecule has 0 radical (unpaired) electrons. The van der Waals surface area contributed by atoms with E-state index in [1.54, 1.807) is 0 Å². The number of aromatic nitrogens is 2. The Kier molecular flexibility index (Phi) is 4.96. The van der Waals surface area contributed by atoms with Crippen LogP contribution in [0.15, 0.2) is 12.3 Å². The molecule has 0 aliphatic carbocycles. The minimum absolute atomic E-state index is 0. The van der Waals surface area contributed by atoms with E-state index in [0.717, 1.165) is 31.3 Å². The normalized spacial score (nSPS) is 20.4. The second-order valence-electron chi connectivity index (χ2n) is 4.19. The Morgan fingerprint density at radius 3 is 3.06 bits per heavy atom. The quantitative estimate of drug-likeness (QED) is 0.852. The highest BCUT2D eigenvalue weighted by Gasteiger charge is 2.20. The molecule has 2 rings (SSSR count). The summed E-state index contributed by atoms with van der Waals surface area (Å²) in [5, 5.41) is 0. The molecule has 0 saturated carbocycles. The van der Waals surface area contributed by atoms with Gasteiger partial charge in [0, 0.05) is 25.0 Å². The zero-order valence-corrected chi connectivity index (χ0v) is 10.4. The van der Waals surface area contributed by atoms with Crippen LogP contribution in [0.25, 0.3) is 0 Å². The van der Waals surface area contributed by atoms with Crippen LogP contribution in [0.4, 0.5) is 5.95 Å². The van der Waals surface area contributed by atoms with E-state index in [1.807, 2.05) is 19.2 Å². The van der Waals surface area contributed by atoms with Crippen LogP contribution in [0.2, 0.25) is 0 Å². The molecule has 1 aromatic heterocycles. The Morgan fingerprint density at radius 1 is 1.56 bits per heavy atom. The first-order valence-electron chi connectivity index (χ1n) is 5.54. The number of hydrogen-bond acceptors (Lipinski definition) is 4. The van der Waals surface area contributed by atoms with Gasteiger partial charge in [0.25, 0.3) is 0 Å². The Bertz CT molecular complexity index is 332. The fourth-order valence-corrected chi connectivity index (χ4v) is 2.03. The van der Waals surface area contributed by atoms with Crippen molar-refractivity contribution in [3.63, 3.8) is 0 Å². The van der Waals surface area contributed by atoms with E-state index in [4.69, 9.17) is 5.73 Å². The van der Waals surface area contributed by atoms with Gasteiger partial charge in [-0.1, -0.05) is 0 Å². The number of nitrogens with zero attached hydrogens (tertiary/aromatic N) is 3. The molecular weight excluding hydrogens is 224 g/mol. The van der Waals surface area contributed by atoms with Gasteiger partial charge in [-0.3, -0.25) is 0 Å². The van der Waals surface area contributed by atoms with Gasteiger partial charge in [0.2, 0.25) is 5.95 Å². The van der Waals surface area contributed by atoms with Crippen molar-refractivity contribution >= 4 is 18.4 Å². The highest BCUT2D eigenvalue weighted by molar-refractivity contribution is 5.85. The van der Waals surface area contributed by atoms with Crippen molar-refractivity contribution in [1.82, 2.24) is 9.97 Å². The average Bonchev–Trinajstić information content (AvgIpc) is 2.29. The Morgan fingerprint density at radius 2 is 2.38 bits per heavy atom. The van der Waals surface area contributed by atoms with E-state index in [1.165, 1.54) is 12.8 Å². The van der Waals surface area contributed by atoms with Gasteiger partial charge in [0.15, 0.2) is 0 Å². The van der Waals surface area contributed by atoms with Crippen LogP contribution < -0.4 is 10.6 Å². The minimum atomic E-state index is 0.